The molecule has 0 saturated carbocycles. The van der Waals surface area contributed by atoms with Crippen LogP contribution in [0.15, 0.2) is 65.3 Å². The number of rotatable bonds is 7. The Bertz CT molecular complexity index is 1170. The summed E-state index contributed by atoms with van der Waals surface area (Å²) < 4.78 is 17.0. The number of anilines is 1. The van der Waals surface area contributed by atoms with E-state index >= 15 is 0 Å². The molecule has 4 aromatic rings. The monoisotopic (exact) mass is 403 g/mol. The molecule has 0 atom stereocenters. The van der Waals surface area contributed by atoms with Crippen molar-refractivity contribution in [2.45, 2.75) is 20.5 Å². The van der Waals surface area contributed by atoms with Crippen molar-refractivity contribution < 1.29 is 18.7 Å². The van der Waals surface area contributed by atoms with Gasteiger partial charge in [0, 0.05) is 30.6 Å². The van der Waals surface area contributed by atoms with Crippen LogP contribution in [0.3, 0.4) is 0 Å². The molecule has 0 fully saturated rings. The van der Waals surface area contributed by atoms with Gasteiger partial charge in [-0.05, 0) is 61.0 Å². The zero-order valence-corrected chi connectivity index (χ0v) is 16.7. The first-order valence-corrected chi connectivity index (χ1v) is 9.59. The number of oxazole rings is 1. The molecule has 0 unspecified atom stereocenters. The van der Waals surface area contributed by atoms with Gasteiger partial charge in [0.05, 0.1) is 6.61 Å². The number of aryl methyl sites for hydroxylation is 1. The van der Waals surface area contributed by atoms with Gasteiger partial charge in [0.15, 0.2) is 23.0 Å². The summed E-state index contributed by atoms with van der Waals surface area (Å²) in [6.45, 7) is 4.50. The summed E-state index contributed by atoms with van der Waals surface area (Å²) in [5, 5.41) is 2.88. The number of fused-ring (bicyclic) bond motifs is 1. The molecule has 30 heavy (non-hydrogen) atoms. The fourth-order valence-corrected chi connectivity index (χ4v) is 3.00. The van der Waals surface area contributed by atoms with Gasteiger partial charge in [0.2, 0.25) is 0 Å². The van der Waals surface area contributed by atoms with Crippen LogP contribution in [0.4, 0.5) is 5.69 Å². The van der Waals surface area contributed by atoms with Crippen LogP contribution in [0.5, 0.6) is 11.5 Å². The predicted molar refractivity (Wildman–Crippen MR) is 113 cm³/mol. The fourth-order valence-electron chi connectivity index (χ4n) is 3.00. The molecule has 2 aromatic carbocycles. The summed E-state index contributed by atoms with van der Waals surface area (Å²) in [5.41, 5.74) is 3.47. The van der Waals surface area contributed by atoms with E-state index < -0.39 is 0 Å². The predicted octanol–water partition coefficient (Wildman–Crippen LogP) is 4.76. The van der Waals surface area contributed by atoms with Crippen LogP contribution < -0.4 is 14.8 Å². The normalized spacial score (nSPS) is 10.7. The van der Waals surface area contributed by atoms with E-state index in [4.69, 9.17) is 13.9 Å². The van der Waals surface area contributed by atoms with Crippen molar-refractivity contribution in [2.24, 2.45) is 0 Å². The molecule has 1 amide bonds. The van der Waals surface area contributed by atoms with Crippen LogP contribution in [0.25, 0.3) is 11.1 Å². The minimum Gasteiger partial charge on any atom is -0.490 e. The molecule has 0 aliphatic rings. The Labute approximate surface area is 173 Å². The van der Waals surface area contributed by atoms with E-state index in [0.29, 0.717) is 53.0 Å². The largest absolute Gasteiger partial charge is 0.490 e. The number of carbonyl (C=O) groups is 1. The quantitative estimate of drug-likeness (QED) is 0.479. The molecule has 0 bridgehead atoms. The first kappa shape index (κ1) is 19.4. The molecule has 0 spiro atoms. The Morgan fingerprint density at radius 1 is 1.03 bits per heavy atom. The topological polar surface area (TPSA) is 86.5 Å². The van der Waals surface area contributed by atoms with Crippen LogP contribution in [0.2, 0.25) is 0 Å². The van der Waals surface area contributed by atoms with Gasteiger partial charge < -0.3 is 19.2 Å². The maximum absolute atomic E-state index is 12.7. The molecule has 7 nitrogen and oxygen atoms in total. The highest BCUT2D eigenvalue weighted by atomic mass is 16.5. The molecule has 0 aliphatic heterocycles. The number of nitrogens with one attached hydrogen (secondary N) is 1. The molecule has 2 aromatic heterocycles. The zero-order chi connectivity index (χ0) is 20.9. The summed E-state index contributed by atoms with van der Waals surface area (Å²) >= 11 is 0. The first-order valence-electron chi connectivity index (χ1n) is 9.59. The highest BCUT2D eigenvalue weighted by Gasteiger charge is 2.13. The number of amides is 1. The van der Waals surface area contributed by atoms with Crippen molar-refractivity contribution in [2.75, 3.05) is 11.9 Å². The van der Waals surface area contributed by atoms with E-state index in [1.165, 1.54) is 0 Å². The molecule has 0 radical (unpaired) electrons. The SMILES string of the molecule is CCOc1cc(C(=O)Nc2ccc3oc(C)nc3c2)ccc1OCc1ccncc1. The summed E-state index contributed by atoms with van der Waals surface area (Å²) in [6, 6.07) is 14.2. The molecule has 2 heterocycles. The lowest BCUT2D eigenvalue weighted by molar-refractivity contribution is 0.102. The second-order valence-electron chi connectivity index (χ2n) is 6.61. The average Bonchev–Trinajstić information content (AvgIpc) is 3.13. The number of carbonyl (C=O) groups excluding carboxylic acids is 1. The van der Waals surface area contributed by atoms with Crippen LogP contribution >= 0.6 is 0 Å². The molecular formula is C23H21N3O4. The Hall–Kier alpha value is -3.87. The summed E-state index contributed by atoms with van der Waals surface area (Å²) in [6.07, 6.45) is 3.43. The molecule has 7 heteroatoms. The van der Waals surface area contributed by atoms with E-state index in [2.05, 4.69) is 15.3 Å². The maximum atomic E-state index is 12.7. The van der Waals surface area contributed by atoms with Gasteiger partial charge in [-0.25, -0.2) is 4.98 Å². The summed E-state index contributed by atoms with van der Waals surface area (Å²) in [5.74, 6) is 1.42. The van der Waals surface area contributed by atoms with Crippen LogP contribution in [0, 0.1) is 6.92 Å². The zero-order valence-electron chi connectivity index (χ0n) is 16.7. The van der Waals surface area contributed by atoms with Gasteiger partial charge in [0.1, 0.15) is 12.1 Å². The van der Waals surface area contributed by atoms with Gasteiger partial charge >= 0.3 is 0 Å². The highest BCUT2D eigenvalue weighted by molar-refractivity contribution is 6.05. The fraction of sp³-hybridized carbons (Fsp3) is 0.174. The van der Waals surface area contributed by atoms with Crippen LogP contribution in [0.1, 0.15) is 28.7 Å². The maximum Gasteiger partial charge on any atom is 0.255 e. The lowest BCUT2D eigenvalue weighted by Crippen LogP contribution is -2.12. The minimum absolute atomic E-state index is 0.254. The van der Waals surface area contributed by atoms with Crippen LogP contribution in [-0.2, 0) is 6.61 Å². The van der Waals surface area contributed by atoms with Gasteiger partial charge in [0.25, 0.3) is 5.91 Å². The lowest BCUT2D eigenvalue weighted by atomic mass is 10.1. The number of aromatic nitrogens is 2. The summed E-state index contributed by atoms with van der Waals surface area (Å²) in [7, 11) is 0. The van der Waals surface area contributed by atoms with E-state index in [9.17, 15) is 4.79 Å². The van der Waals surface area contributed by atoms with Crippen molar-refractivity contribution in [1.29, 1.82) is 0 Å². The van der Waals surface area contributed by atoms with Gasteiger partial charge in [-0.15, -0.1) is 0 Å². The smallest absolute Gasteiger partial charge is 0.255 e. The van der Waals surface area contributed by atoms with Crippen molar-refractivity contribution in [1.82, 2.24) is 9.97 Å². The Morgan fingerprint density at radius 2 is 1.87 bits per heavy atom. The number of hydrogen-bond acceptors (Lipinski definition) is 6. The molecule has 152 valence electrons. The Balaban J connectivity index is 1.50. The van der Waals surface area contributed by atoms with E-state index in [-0.39, 0.29) is 5.91 Å². The van der Waals surface area contributed by atoms with Crippen LogP contribution in [-0.4, -0.2) is 22.5 Å². The Kier molecular flexibility index (Phi) is 5.61. The summed E-state index contributed by atoms with van der Waals surface area (Å²) in [4.78, 5) is 21.0. The molecule has 4 rings (SSSR count). The standard InChI is InChI=1S/C23H21N3O4/c1-3-28-22-12-17(4-6-21(22)29-14-16-8-10-24-11-9-16)23(27)26-18-5-7-20-19(13-18)25-15(2)30-20/h4-13H,3,14H2,1-2H3,(H,26,27). The average molecular weight is 403 g/mol. The Morgan fingerprint density at radius 3 is 2.67 bits per heavy atom. The molecule has 1 N–H and O–H groups in total. The van der Waals surface area contributed by atoms with Gasteiger partial charge in [-0.1, -0.05) is 0 Å². The number of ether oxygens (including phenoxy) is 2. The van der Waals surface area contributed by atoms with Crippen molar-refractivity contribution >= 4 is 22.7 Å². The highest BCUT2D eigenvalue weighted by Crippen LogP contribution is 2.30. The number of hydrogen-bond donors (Lipinski definition) is 1. The van der Waals surface area contributed by atoms with Crippen molar-refractivity contribution in [3.8, 4) is 11.5 Å². The van der Waals surface area contributed by atoms with E-state index in [0.717, 1.165) is 5.56 Å². The number of nitrogens with zero attached hydrogens (tertiary/aromatic N) is 2. The third kappa shape index (κ3) is 4.41. The molecule has 0 aliphatic carbocycles. The van der Waals surface area contributed by atoms with E-state index in [1.807, 2.05) is 19.1 Å². The third-order valence-electron chi connectivity index (χ3n) is 4.40. The van der Waals surface area contributed by atoms with Gasteiger partial charge in [-0.2, -0.15) is 0 Å². The molecular weight excluding hydrogens is 382 g/mol. The minimum atomic E-state index is -0.254. The third-order valence-corrected chi connectivity index (χ3v) is 4.40. The van der Waals surface area contributed by atoms with Gasteiger partial charge in [-0.3, -0.25) is 9.78 Å². The van der Waals surface area contributed by atoms with Crippen molar-refractivity contribution in [3.05, 3.63) is 77.9 Å². The van der Waals surface area contributed by atoms with Crippen molar-refractivity contribution in [3.63, 3.8) is 0 Å². The second-order valence-corrected chi connectivity index (χ2v) is 6.61. The number of pyridine rings is 1. The number of benzene rings is 2. The lowest BCUT2D eigenvalue weighted by Gasteiger charge is -2.13. The first-order chi connectivity index (χ1) is 14.6. The second kappa shape index (κ2) is 8.65. The van der Waals surface area contributed by atoms with E-state index in [1.54, 1.807) is 55.7 Å². The molecule has 0 saturated heterocycles.